The maximum Gasteiger partial charge on any atom is 0.280 e. The Bertz CT molecular complexity index is 765. The summed E-state index contributed by atoms with van der Waals surface area (Å²) in [5, 5.41) is 11.9. The van der Waals surface area contributed by atoms with Gasteiger partial charge in [0.2, 0.25) is 0 Å². The van der Waals surface area contributed by atoms with Gasteiger partial charge in [0.15, 0.2) is 5.03 Å². The number of benzene rings is 1. The van der Waals surface area contributed by atoms with Gasteiger partial charge in [-0.05, 0) is 19.9 Å². The van der Waals surface area contributed by atoms with E-state index in [4.69, 9.17) is 5.21 Å². The van der Waals surface area contributed by atoms with Crippen LogP contribution in [0.2, 0.25) is 0 Å². The summed E-state index contributed by atoms with van der Waals surface area (Å²) in [5.74, 6) is 0. The molecular formula is C13H16N4O3S. The SMILES string of the molecule is CCn1cnc(S(=O)(=O)Nc2ccccc2C(C)=NO)c1. The van der Waals surface area contributed by atoms with Crippen molar-refractivity contribution in [2.24, 2.45) is 5.16 Å². The second-order valence-electron chi connectivity index (χ2n) is 4.38. The number of aryl methyl sites for hydroxylation is 1. The van der Waals surface area contributed by atoms with Crippen LogP contribution in [0.4, 0.5) is 5.69 Å². The van der Waals surface area contributed by atoms with E-state index in [0.29, 0.717) is 23.5 Å². The Labute approximate surface area is 123 Å². The van der Waals surface area contributed by atoms with Gasteiger partial charge in [-0.1, -0.05) is 23.4 Å². The standard InChI is InChI=1S/C13H16N4O3S/c1-3-17-8-13(14-9-17)21(19,20)16-12-7-5-4-6-11(12)10(2)15-18/h4-9,16,18H,3H2,1-2H3. The highest BCUT2D eigenvalue weighted by Gasteiger charge is 2.19. The van der Waals surface area contributed by atoms with Crippen molar-refractivity contribution in [3.05, 3.63) is 42.4 Å². The molecule has 0 saturated carbocycles. The van der Waals surface area contributed by atoms with Gasteiger partial charge in [-0.25, -0.2) is 4.98 Å². The highest BCUT2D eigenvalue weighted by molar-refractivity contribution is 7.92. The van der Waals surface area contributed by atoms with Crippen molar-refractivity contribution in [2.45, 2.75) is 25.4 Å². The number of aromatic nitrogens is 2. The molecule has 21 heavy (non-hydrogen) atoms. The lowest BCUT2D eigenvalue weighted by molar-refractivity contribution is 0.319. The van der Waals surface area contributed by atoms with Gasteiger partial charge in [0, 0.05) is 18.3 Å². The predicted octanol–water partition coefficient (Wildman–Crippen LogP) is 1.90. The number of sulfonamides is 1. The fourth-order valence-corrected chi connectivity index (χ4v) is 2.82. The number of imidazole rings is 1. The average Bonchev–Trinajstić information content (AvgIpc) is 2.96. The van der Waals surface area contributed by atoms with Crippen LogP contribution >= 0.6 is 0 Å². The average molecular weight is 308 g/mol. The number of para-hydroxylation sites is 1. The van der Waals surface area contributed by atoms with Crippen molar-refractivity contribution in [1.29, 1.82) is 0 Å². The molecule has 0 atom stereocenters. The first-order valence-corrected chi connectivity index (χ1v) is 7.79. The fourth-order valence-electron chi connectivity index (χ4n) is 1.79. The third-order valence-electron chi connectivity index (χ3n) is 2.96. The molecule has 0 fully saturated rings. The lowest BCUT2D eigenvalue weighted by Crippen LogP contribution is -2.15. The Hall–Kier alpha value is -2.35. The molecule has 0 aliphatic rings. The third kappa shape index (κ3) is 3.22. The number of oxime groups is 1. The minimum atomic E-state index is -3.79. The Morgan fingerprint density at radius 1 is 1.43 bits per heavy atom. The van der Waals surface area contributed by atoms with Crippen molar-refractivity contribution < 1.29 is 13.6 Å². The third-order valence-corrected chi connectivity index (χ3v) is 4.21. The van der Waals surface area contributed by atoms with Gasteiger partial charge in [-0.3, -0.25) is 4.72 Å². The summed E-state index contributed by atoms with van der Waals surface area (Å²) >= 11 is 0. The van der Waals surface area contributed by atoms with Crippen LogP contribution < -0.4 is 4.72 Å². The van der Waals surface area contributed by atoms with Crippen molar-refractivity contribution >= 4 is 21.4 Å². The molecule has 0 aliphatic carbocycles. The van der Waals surface area contributed by atoms with Crippen molar-refractivity contribution in [2.75, 3.05) is 4.72 Å². The molecule has 0 aliphatic heterocycles. The van der Waals surface area contributed by atoms with E-state index in [1.54, 1.807) is 35.8 Å². The van der Waals surface area contributed by atoms with Crippen molar-refractivity contribution in [1.82, 2.24) is 9.55 Å². The number of rotatable bonds is 5. The number of hydrogen-bond acceptors (Lipinski definition) is 5. The first-order chi connectivity index (χ1) is 9.97. The Morgan fingerprint density at radius 3 is 2.76 bits per heavy atom. The molecule has 0 bridgehead atoms. The summed E-state index contributed by atoms with van der Waals surface area (Å²) < 4.78 is 28.7. The topological polar surface area (TPSA) is 96.6 Å². The maximum absolute atomic E-state index is 12.3. The molecule has 0 radical (unpaired) electrons. The van der Waals surface area contributed by atoms with Gasteiger partial charge in [0.25, 0.3) is 10.0 Å². The van der Waals surface area contributed by atoms with E-state index in [-0.39, 0.29) is 5.03 Å². The number of hydrogen-bond donors (Lipinski definition) is 2. The van der Waals surface area contributed by atoms with E-state index in [9.17, 15) is 8.42 Å². The van der Waals surface area contributed by atoms with E-state index < -0.39 is 10.0 Å². The van der Waals surface area contributed by atoms with Gasteiger partial charge in [-0.2, -0.15) is 8.42 Å². The van der Waals surface area contributed by atoms with Crippen LogP contribution in [-0.2, 0) is 16.6 Å². The van der Waals surface area contributed by atoms with E-state index in [0.717, 1.165) is 0 Å². The molecule has 0 saturated heterocycles. The molecule has 112 valence electrons. The molecule has 2 N–H and O–H groups in total. The van der Waals surface area contributed by atoms with Crippen molar-refractivity contribution in [3.63, 3.8) is 0 Å². The van der Waals surface area contributed by atoms with E-state index in [1.807, 2.05) is 6.92 Å². The van der Waals surface area contributed by atoms with Crippen LogP contribution in [-0.4, -0.2) is 28.9 Å². The molecule has 1 aromatic heterocycles. The number of anilines is 1. The Kier molecular flexibility index (Phi) is 4.27. The molecular weight excluding hydrogens is 292 g/mol. The Balaban J connectivity index is 2.37. The minimum Gasteiger partial charge on any atom is -0.411 e. The first kappa shape index (κ1) is 15.0. The molecule has 1 aromatic carbocycles. The predicted molar refractivity (Wildman–Crippen MR) is 79.1 cm³/mol. The zero-order valence-electron chi connectivity index (χ0n) is 11.7. The van der Waals surface area contributed by atoms with Crippen LogP contribution in [0, 0.1) is 0 Å². The van der Waals surface area contributed by atoms with E-state index in [2.05, 4.69) is 14.9 Å². The fraction of sp³-hybridized carbons (Fsp3) is 0.231. The Morgan fingerprint density at radius 2 is 2.14 bits per heavy atom. The van der Waals surface area contributed by atoms with Crippen LogP contribution in [0.5, 0.6) is 0 Å². The second-order valence-corrected chi connectivity index (χ2v) is 6.01. The minimum absolute atomic E-state index is 0.0576. The summed E-state index contributed by atoms with van der Waals surface area (Å²) in [4.78, 5) is 3.88. The van der Waals surface area contributed by atoms with Gasteiger partial charge in [0.1, 0.15) is 0 Å². The monoisotopic (exact) mass is 308 g/mol. The molecule has 2 rings (SSSR count). The van der Waals surface area contributed by atoms with E-state index in [1.165, 1.54) is 12.5 Å². The highest BCUT2D eigenvalue weighted by atomic mass is 32.2. The molecule has 0 spiro atoms. The molecule has 7 nitrogen and oxygen atoms in total. The van der Waals surface area contributed by atoms with Crippen LogP contribution in [0.1, 0.15) is 19.4 Å². The van der Waals surface area contributed by atoms with Gasteiger partial charge in [0.05, 0.1) is 17.7 Å². The van der Waals surface area contributed by atoms with Gasteiger partial charge < -0.3 is 9.77 Å². The zero-order valence-corrected chi connectivity index (χ0v) is 12.5. The first-order valence-electron chi connectivity index (χ1n) is 6.30. The second kappa shape index (κ2) is 5.96. The van der Waals surface area contributed by atoms with Crippen molar-refractivity contribution in [3.8, 4) is 0 Å². The van der Waals surface area contributed by atoms with Crippen LogP contribution in [0.15, 0.2) is 47.0 Å². The van der Waals surface area contributed by atoms with E-state index >= 15 is 0 Å². The van der Waals surface area contributed by atoms with Gasteiger partial charge in [-0.15, -0.1) is 0 Å². The van der Waals surface area contributed by atoms with Crippen LogP contribution in [0.25, 0.3) is 0 Å². The molecule has 0 unspecified atom stereocenters. The number of nitrogens with one attached hydrogen (secondary N) is 1. The molecule has 8 heteroatoms. The number of nitrogens with zero attached hydrogens (tertiary/aromatic N) is 3. The summed E-state index contributed by atoms with van der Waals surface area (Å²) in [6.07, 6.45) is 2.92. The summed E-state index contributed by atoms with van der Waals surface area (Å²) in [5.41, 5.74) is 1.14. The lowest BCUT2D eigenvalue weighted by atomic mass is 10.1. The quantitative estimate of drug-likeness (QED) is 0.501. The summed E-state index contributed by atoms with van der Waals surface area (Å²) in [7, 11) is -3.79. The molecule has 0 amide bonds. The smallest absolute Gasteiger partial charge is 0.280 e. The zero-order chi connectivity index (χ0) is 15.5. The van der Waals surface area contributed by atoms with Crippen LogP contribution in [0.3, 0.4) is 0 Å². The molecule has 1 heterocycles. The summed E-state index contributed by atoms with van der Waals surface area (Å²) in [6.45, 7) is 4.11. The normalized spacial score (nSPS) is 12.4. The lowest BCUT2D eigenvalue weighted by Gasteiger charge is -2.10. The largest absolute Gasteiger partial charge is 0.411 e. The summed E-state index contributed by atoms with van der Waals surface area (Å²) in [6, 6.07) is 6.68. The molecule has 2 aromatic rings. The highest BCUT2D eigenvalue weighted by Crippen LogP contribution is 2.20. The van der Waals surface area contributed by atoms with Gasteiger partial charge >= 0.3 is 0 Å². The maximum atomic E-state index is 12.3.